The number of alkyl halides is 3. The largest absolute Gasteiger partial charge is 0.480 e. The molecule has 0 bridgehead atoms. The SMILES string of the molecule is CCCCC(NC(=O)N1CCC(C(F)(F)F)CC1)C(=O)O. The molecule has 0 saturated carbocycles. The lowest BCUT2D eigenvalue weighted by Gasteiger charge is -2.33. The number of unbranched alkanes of at least 4 members (excludes halogenated alkanes) is 1. The smallest absolute Gasteiger partial charge is 0.391 e. The highest BCUT2D eigenvalue weighted by molar-refractivity contribution is 5.82. The first-order valence-electron chi connectivity index (χ1n) is 7.10. The number of rotatable bonds is 5. The van der Waals surface area contributed by atoms with Gasteiger partial charge in [0.1, 0.15) is 6.04 Å². The quantitative estimate of drug-likeness (QED) is 0.820. The van der Waals surface area contributed by atoms with Crippen molar-refractivity contribution in [2.24, 2.45) is 5.92 Å². The van der Waals surface area contributed by atoms with E-state index in [0.717, 1.165) is 6.42 Å². The lowest BCUT2D eigenvalue weighted by molar-refractivity contribution is -0.183. The summed E-state index contributed by atoms with van der Waals surface area (Å²) in [6.45, 7) is 1.90. The number of carboxylic acid groups (broad SMARTS) is 1. The number of carbonyl (C=O) groups is 2. The van der Waals surface area contributed by atoms with E-state index in [9.17, 15) is 22.8 Å². The van der Waals surface area contributed by atoms with E-state index in [1.54, 1.807) is 0 Å². The van der Waals surface area contributed by atoms with Gasteiger partial charge in [-0.25, -0.2) is 9.59 Å². The summed E-state index contributed by atoms with van der Waals surface area (Å²) < 4.78 is 37.6. The van der Waals surface area contributed by atoms with Crippen LogP contribution in [0.3, 0.4) is 0 Å². The molecule has 0 radical (unpaired) electrons. The first kappa shape index (κ1) is 17.6. The van der Waals surface area contributed by atoms with Crippen molar-refractivity contribution in [1.82, 2.24) is 10.2 Å². The highest BCUT2D eigenvalue weighted by Gasteiger charge is 2.41. The van der Waals surface area contributed by atoms with Crippen LogP contribution >= 0.6 is 0 Å². The average molecular weight is 310 g/mol. The second kappa shape index (κ2) is 7.51. The van der Waals surface area contributed by atoms with E-state index in [-0.39, 0.29) is 25.9 Å². The first-order valence-corrected chi connectivity index (χ1v) is 7.10. The third kappa shape index (κ3) is 5.43. The standard InChI is InChI=1S/C13H21F3N2O3/c1-2-3-4-10(11(19)20)17-12(21)18-7-5-9(6-8-18)13(14,15)16/h9-10H,2-8H2,1H3,(H,17,21)(H,19,20). The molecule has 1 saturated heterocycles. The van der Waals surface area contributed by atoms with Gasteiger partial charge >= 0.3 is 18.2 Å². The predicted octanol–water partition coefficient (Wildman–Crippen LogP) is 2.61. The zero-order chi connectivity index (χ0) is 16.0. The summed E-state index contributed by atoms with van der Waals surface area (Å²) in [5.74, 6) is -2.50. The summed E-state index contributed by atoms with van der Waals surface area (Å²) in [6.07, 6.45) is -2.72. The summed E-state index contributed by atoms with van der Waals surface area (Å²) in [7, 11) is 0. The summed E-state index contributed by atoms with van der Waals surface area (Å²) in [5.41, 5.74) is 0. The molecule has 1 atom stereocenters. The fraction of sp³-hybridized carbons (Fsp3) is 0.846. The van der Waals surface area contributed by atoms with Gasteiger partial charge in [-0.15, -0.1) is 0 Å². The third-order valence-electron chi connectivity index (χ3n) is 3.69. The van der Waals surface area contributed by atoms with E-state index < -0.39 is 30.1 Å². The topological polar surface area (TPSA) is 69.6 Å². The molecular formula is C13H21F3N2O3. The first-order chi connectivity index (χ1) is 9.75. The van der Waals surface area contributed by atoms with Crippen LogP contribution in [0, 0.1) is 5.92 Å². The number of carbonyl (C=O) groups excluding carboxylic acids is 1. The fourth-order valence-electron chi connectivity index (χ4n) is 2.32. The molecule has 1 rings (SSSR count). The molecule has 122 valence electrons. The Kier molecular flexibility index (Phi) is 6.29. The predicted molar refractivity (Wildman–Crippen MR) is 69.8 cm³/mol. The molecular weight excluding hydrogens is 289 g/mol. The molecule has 1 aliphatic heterocycles. The van der Waals surface area contributed by atoms with Crippen molar-refractivity contribution in [1.29, 1.82) is 0 Å². The molecule has 1 unspecified atom stereocenters. The molecule has 0 aromatic heterocycles. The molecule has 8 heteroatoms. The molecule has 5 nitrogen and oxygen atoms in total. The number of amides is 2. The zero-order valence-corrected chi connectivity index (χ0v) is 11.9. The molecule has 1 fully saturated rings. The summed E-state index contributed by atoms with van der Waals surface area (Å²) in [5, 5.41) is 11.4. The van der Waals surface area contributed by atoms with E-state index in [2.05, 4.69) is 5.32 Å². The minimum Gasteiger partial charge on any atom is -0.480 e. The summed E-state index contributed by atoms with van der Waals surface area (Å²) in [4.78, 5) is 24.2. The maximum absolute atomic E-state index is 12.5. The van der Waals surface area contributed by atoms with Gasteiger partial charge in [-0.2, -0.15) is 13.2 Å². The van der Waals surface area contributed by atoms with Gasteiger partial charge in [-0.1, -0.05) is 19.8 Å². The monoisotopic (exact) mass is 310 g/mol. The van der Waals surface area contributed by atoms with Crippen LogP contribution in [0.4, 0.5) is 18.0 Å². The Balaban J connectivity index is 2.47. The van der Waals surface area contributed by atoms with Crippen LogP contribution in [0.15, 0.2) is 0 Å². The van der Waals surface area contributed by atoms with Crippen molar-refractivity contribution >= 4 is 12.0 Å². The third-order valence-corrected chi connectivity index (χ3v) is 3.69. The van der Waals surface area contributed by atoms with Gasteiger partial charge in [-0.3, -0.25) is 0 Å². The van der Waals surface area contributed by atoms with Crippen molar-refractivity contribution in [3.63, 3.8) is 0 Å². The lowest BCUT2D eigenvalue weighted by Crippen LogP contribution is -2.51. The molecule has 0 aromatic carbocycles. The van der Waals surface area contributed by atoms with E-state index in [0.29, 0.717) is 12.8 Å². The maximum atomic E-state index is 12.5. The number of hydrogen-bond donors (Lipinski definition) is 2. The van der Waals surface area contributed by atoms with Crippen molar-refractivity contribution in [2.45, 2.75) is 51.2 Å². The number of halogens is 3. The summed E-state index contributed by atoms with van der Waals surface area (Å²) in [6, 6.07) is -1.59. The van der Waals surface area contributed by atoms with Crippen LogP contribution < -0.4 is 5.32 Å². The lowest BCUT2D eigenvalue weighted by atomic mass is 9.96. The number of likely N-dealkylation sites (tertiary alicyclic amines) is 1. The highest BCUT2D eigenvalue weighted by atomic mass is 19.4. The molecule has 1 aliphatic rings. The minimum absolute atomic E-state index is 0.00384. The molecule has 2 N–H and O–H groups in total. The van der Waals surface area contributed by atoms with E-state index in [1.807, 2.05) is 6.92 Å². The number of aliphatic carboxylic acids is 1. The second-order valence-corrected chi connectivity index (χ2v) is 5.29. The average Bonchev–Trinajstić information content (AvgIpc) is 2.42. The molecule has 0 spiro atoms. The van der Waals surface area contributed by atoms with Crippen molar-refractivity contribution in [3.05, 3.63) is 0 Å². The molecule has 1 heterocycles. The molecule has 0 aromatic rings. The van der Waals surface area contributed by atoms with Crippen LogP contribution in [-0.2, 0) is 4.79 Å². The van der Waals surface area contributed by atoms with Crippen LogP contribution in [0.25, 0.3) is 0 Å². The van der Waals surface area contributed by atoms with Gasteiger partial charge in [0, 0.05) is 13.1 Å². The van der Waals surface area contributed by atoms with Gasteiger partial charge in [0.05, 0.1) is 5.92 Å². The number of urea groups is 1. The molecule has 21 heavy (non-hydrogen) atoms. The van der Waals surface area contributed by atoms with Gasteiger partial charge in [0.2, 0.25) is 0 Å². The van der Waals surface area contributed by atoms with Gasteiger partial charge in [0.15, 0.2) is 0 Å². The molecule has 0 aliphatic carbocycles. The van der Waals surface area contributed by atoms with Crippen LogP contribution in [0.5, 0.6) is 0 Å². The van der Waals surface area contributed by atoms with E-state index in [1.165, 1.54) is 4.90 Å². The zero-order valence-electron chi connectivity index (χ0n) is 11.9. The Morgan fingerprint density at radius 3 is 2.33 bits per heavy atom. The van der Waals surface area contributed by atoms with Crippen molar-refractivity contribution in [2.75, 3.05) is 13.1 Å². The Labute approximate surface area is 121 Å². The van der Waals surface area contributed by atoms with Crippen molar-refractivity contribution in [3.8, 4) is 0 Å². The highest BCUT2D eigenvalue weighted by Crippen LogP contribution is 2.34. The normalized spacial score (nSPS) is 18.4. The number of piperidine rings is 1. The Morgan fingerprint density at radius 1 is 1.33 bits per heavy atom. The minimum atomic E-state index is -4.23. The van der Waals surface area contributed by atoms with Gasteiger partial charge < -0.3 is 15.3 Å². The Bertz CT molecular complexity index is 366. The maximum Gasteiger partial charge on any atom is 0.391 e. The van der Waals surface area contributed by atoms with Crippen LogP contribution in [0.1, 0.15) is 39.0 Å². The number of hydrogen-bond acceptors (Lipinski definition) is 2. The van der Waals surface area contributed by atoms with E-state index in [4.69, 9.17) is 5.11 Å². The number of carboxylic acids is 1. The van der Waals surface area contributed by atoms with Gasteiger partial charge in [0.25, 0.3) is 0 Å². The van der Waals surface area contributed by atoms with Crippen LogP contribution in [-0.4, -0.2) is 47.3 Å². The Hall–Kier alpha value is -1.47. The van der Waals surface area contributed by atoms with Gasteiger partial charge in [-0.05, 0) is 19.3 Å². The Morgan fingerprint density at radius 2 is 1.90 bits per heavy atom. The molecule has 2 amide bonds. The van der Waals surface area contributed by atoms with E-state index >= 15 is 0 Å². The second-order valence-electron chi connectivity index (χ2n) is 5.29. The number of nitrogens with one attached hydrogen (secondary N) is 1. The fourth-order valence-corrected chi connectivity index (χ4v) is 2.32. The number of nitrogens with zero attached hydrogens (tertiary/aromatic N) is 1. The van der Waals surface area contributed by atoms with Crippen LogP contribution in [0.2, 0.25) is 0 Å². The van der Waals surface area contributed by atoms with Crippen molar-refractivity contribution < 1.29 is 27.9 Å². The summed E-state index contributed by atoms with van der Waals surface area (Å²) >= 11 is 0.